The Morgan fingerprint density at radius 3 is 2.52 bits per heavy atom. The van der Waals surface area contributed by atoms with Crippen LogP contribution in [0.4, 0.5) is 0 Å². The summed E-state index contributed by atoms with van der Waals surface area (Å²) in [5.41, 5.74) is 1.10. The summed E-state index contributed by atoms with van der Waals surface area (Å²) >= 11 is 6.02. The highest BCUT2D eigenvalue weighted by Gasteiger charge is 2.13. The number of Topliss-reactive ketones (excluding diaryl/α,β-unsaturated/α-hetero) is 1. The van der Waals surface area contributed by atoms with Crippen LogP contribution in [-0.2, 0) is 0 Å². The van der Waals surface area contributed by atoms with Crippen molar-refractivity contribution >= 4 is 23.5 Å². The average molecular weight is 326 g/mol. The van der Waals surface area contributed by atoms with Gasteiger partial charge in [0.15, 0.2) is 0 Å². The lowest BCUT2D eigenvalue weighted by Gasteiger charge is -2.13. The van der Waals surface area contributed by atoms with Crippen LogP contribution in [0, 0.1) is 11.3 Å². The first-order chi connectivity index (χ1) is 11.0. The average Bonchev–Trinajstić information content (AvgIpc) is 2.54. The highest BCUT2D eigenvalue weighted by atomic mass is 35.5. The van der Waals surface area contributed by atoms with Crippen molar-refractivity contribution in [2.24, 2.45) is 0 Å². The third-order valence-electron chi connectivity index (χ3n) is 3.04. The summed E-state index contributed by atoms with van der Waals surface area (Å²) in [6.07, 6.45) is 1.48. The van der Waals surface area contributed by atoms with E-state index >= 15 is 0 Å². The number of hydrogen-bond donors (Lipinski definition) is 0. The molecule has 4 heteroatoms. The predicted molar refractivity (Wildman–Crippen MR) is 91.6 cm³/mol. The monoisotopic (exact) mass is 325 g/mol. The Morgan fingerprint density at radius 1 is 1.22 bits per heavy atom. The molecule has 0 aliphatic carbocycles. The minimum atomic E-state index is -0.330. The van der Waals surface area contributed by atoms with Gasteiger partial charge in [-0.25, -0.2) is 0 Å². The van der Waals surface area contributed by atoms with E-state index in [0.29, 0.717) is 21.9 Å². The number of ether oxygens (including phenoxy) is 1. The van der Waals surface area contributed by atoms with Crippen molar-refractivity contribution in [1.29, 1.82) is 5.26 Å². The zero-order valence-corrected chi connectivity index (χ0v) is 13.7. The number of allylic oxidation sites excluding steroid dienone is 1. The number of hydrogen-bond acceptors (Lipinski definition) is 3. The molecule has 0 N–H and O–H groups in total. The number of carbonyl (C=O) groups excluding carboxylic acids is 1. The van der Waals surface area contributed by atoms with E-state index in [9.17, 15) is 10.1 Å². The summed E-state index contributed by atoms with van der Waals surface area (Å²) in [4.78, 5) is 12.4. The van der Waals surface area contributed by atoms with Crippen LogP contribution >= 0.6 is 11.6 Å². The molecular weight excluding hydrogens is 310 g/mol. The number of nitrogens with zero attached hydrogens (tertiary/aromatic N) is 1. The molecule has 2 aromatic carbocycles. The van der Waals surface area contributed by atoms with Crippen LogP contribution in [-0.4, -0.2) is 11.9 Å². The molecule has 0 amide bonds. The Morgan fingerprint density at radius 2 is 1.91 bits per heavy atom. The van der Waals surface area contributed by atoms with Gasteiger partial charge in [0.05, 0.1) is 6.10 Å². The van der Waals surface area contributed by atoms with Crippen molar-refractivity contribution in [2.75, 3.05) is 0 Å². The second kappa shape index (κ2) is 7.62. The summed E-state index contributed by atoms with van der Waals surface area (Å²) < 4.78 is 5.71. The van der Waals surface area contributed by atoms with E-state index in [1.165, 1.54) is 6.08 Å². The predicted octanol–water partition coefficient (Wildman–Crippen LogP) is 4.92. The third-order valence-corrected chi connectivity index (χ3v) is 3.27. The quantitative estimate of drug-likeness (QED) is 0.445. The van der Waals surface area contributed by atoms with Gasteiger partial charge in [0.2, 0.25) is 5.78 Å². The molecular formula is C19H16ClNO2. The Hall–Kier alpha value is -2.57. The van der Waals surface area contributed by atoms with Gasteiger partial charge in [-0.1, -0.05) is 41.9 Å². The van der Waals surface area contributed by atoms with Crippen molar-refractivity contribution in [3.05, 3.63) is 70.3 Å². The molecule has 0 fully saturated rings. The van der Waals surface area contributed by atoms with Gasteiger partial charge in [0.25, 0.3) is 0 Å². The first-order valence-electron chi connectivity index (χ1n) is 7.19. The maximum absolute atomic E-state index is 12.4. The van der Waals surface area contributed by atoms with Crippen LogP contribution < -0.4 is 4.74 Å². The topological polar surface area (TPSA) is 50.1 Å². The second-order valence-corrected chi connectivity index (χ2v) is 5.65. The van der Waals surface area contributed by atoms with Crippen LogP contribution in [0.2, 0.25) is 5.02 Å². The van der Waals surface area contributed by atoms with Gasteiger partial charge in [-0.05, 0) is 38.1 Å². The van der Waals surface area contributed by atoms with E-state index < -0.39 is 0 Å². The minimum Gasteiger partial charge on any atom is -0.490 e. The van der Waals surface area contributed by atoms with E-state index in [-0.39, 0.29) is 17.5 Å². The van der Waals surface area contributed by atoms with E-state index in [1.807, 2.05) is 26.0 Å². The normalized spacial score (nSPS) is 11.2. The van der Waals surface area contributed by atoms with E-state index in [4.69, 9.17) is 16.3 Å². The molecule has 23 heavy (non-hydrogen) atoms. The summed E-state index contributed by atoms with van der Waals surface area (Å²) in [6.45, 7) is 3.81. The van der Waals surface area contributed by atoms with E-state index in [0.717, 1.165) is 0 Å². The second-order valence-electron chi connectivity index (χ2n) is 5.21. The van der Waals surface area contributed by atoms with E-state index in [2.05, 4.69) is 0 Å². The fourth-order valence-corrected chi connectivity index (χ4v) is 2.22. The molecule has 0 atom stereocenters. The molecule has 3 nitrogen and oxygen atoms in total. The van der Waals surface area contributed by atoms with Crippen LogP contribution in [0.25, 0.3) is 6.08 Å². The summed E-state index contributed by atoms with van der Waals surface area (Å²) in [5, 5.41) is 9.86. The maximum Gasteiger partial charge on any atom is 0.203 e. The Kier molecular flexibility index (Phi) is 5.56. The number of ketones is 1. The fourth-order valence-electron chi connectivity index (χ4n) is 2.04. The standard InChI is InChI=1S/C19H16ClNO2/c1-13(2)23-18-9-8-17(20)11-15(18)10-16(12-21)19(22)14-6-4-3-5-7-14/h3-11,13H,1-2H3/b16-10-. The number of carbonyl (C=O) groups is 1. The number of rotatable bonds is 5. The Bertz CT molecular complexity index is 774. The molecule has 0 saturated heterocycles. The molecule has 0 heterocycles. The van der Waals surface area contributed by atoms with Crippen molar-refractivity contribution in [2.45, 2.75) is 20.0 Å². The summed E-state index contributed by atoms with van der Waals surface area (Å²) in [6, 6.07) is 15.8. The molecule has 0 bridgehead atoms. The minimum absolute atomic E-state index is 0.0290. The van der Waals surface area contributed by atoms with E-state index in [1.54, 1.807) is 42.5 Å². The molecule has 2 aromatic rings. The molecule has 0 aliphatic heterocycles. The smallest absolute Gasteiger partial charge is 0.203 e. The Labute approximate surface area is 140 Å². The molecule has 0 unspecified atom stereocenters. The van der Waals surface area contributed by atoms with Crippen LogP contribution in [0.5, 0.6) is 5.75 Å². The van der Waals surface area contributed by atoms with Crippen molar-refractivity contribution in [3.63, 3.8) is 0 Å². The van der Waals surface area contributed by atoms with Crippen molar-refractivity contribution < 1.29 is 9.53 Å². The highest BCUT2D eigenvalue weighted by molar-refractivity contribution is 6.30. The molecule has 2 rings (SSSR count). The Balaban J connectivity index is 2.44. The first-order valence-corrected chi connectivity index (χ1v) is 7.57. The van der Waals surface area contributed by atoms with Gasteiger partial charge in [-0.3, -0.25) is 4.79 Å². The third kappa shape index (κ3) is 4.45. The largest absolute Gasteiger partial charge is 0.490 e. The van der Waals surface area contributed by atoms with Crippen LogP contribution in [0.1, 0.15) is 29.8 Å². The van der Waals surface area contributed by atoms with Gasteiger partial charge in [-0.2, -0.15) is 5.26 Å². The van der Waals surface area contributed by atoms with Gasteiger partial charge in [0.1, 0.15) is 17.4 Å². The lowest BCUT2D eigenvalue weighted by atomic mass is 10.0. The summed E-state index contributed by atoms with van der Waals surface area (Å²) in [7, 11) is 0. The lowest BCUT2D eigenvalue weighted by Crippen LogP contribution is -2.07. The van der Waals surface area contributed by atoms with Gasteiger partial charge >= 0.3 is 0 Å². The molecule has 0 radical (unpaired) electrons. The van der Waals surface area contributed by atoms with Crippen LogP contribution in [0.15, 0.2) is 54.1 Å². The molecule has 0 aromatic heterocycles. The maximum atomic E-state index is 12.4. The number of halogens is 1. The fraction of sp³-hybridized carbons (Fsp3) is 0.158. The van der Waals surface area contributed by atoms with Gasteiger partial charge in [0, 0.05) is 16.1 Å². The van der Waals surface area contributed by atoms with Crippen molar-refractivity contribution in [3.8, 4) is 11.8 Å². The van der Waals surface area contributed by atoms with Gasteiger partial charge < -0.3 is 4.74 Å². The molecule has 116 valence electrons. The number of benzene rings is 2. The lowest BCUT2D eigenvalue weighted by molar-refractivity contribution is 0.104. The van der Waals surface area contributed by atoms with Crippen molar-refractivity contribution in [1.82, 2.24) is 0 Å². The first kappa shape index (κ1) is 16.8. The highest BCUT2D eigenvalue weighted by Crippen LogP contribution is 2.27. The zero-order valence-electron chi connectivity index (χ0n) is 12.9. The van der Waals surface area contributed by atoms with Gasteiger partial charge in [-0.15, -0.1) is 0 Å². The zero-order chi connectivity index (χ0) is 16.8. The molecule has 0 spiro atoms. The number of nitriles is 1. The molecule has 0 aliphatic rings. The summed E-state index contributed by atoms with van der Waals surface area (Å²) in [5.74, 6) is 0.251. The van der Waals surface area contributed by atoms with Crippen LogP contribution in [0.3, 0.4) is 0 Å². The SMILES string of the molecule is CC(C)Oc1ccc(Cl)cc1/C=C(/C#N)C(=O)c1ccccc1. The molecule has 0 saturated carbocycles.